The van der Waals surface area contributed by atoms with E-state index in [1.807, 2.05) is 25.1 Å². The molecular formula is C13H20O2. The van der Waals surface area contributed by atoms with Crippen LogP contribution >= 0.6 is 0 Å². The maximum absolute atomic E-state index is 9.94. The predicted octanol–water partition coefficient (Wildman–Crippen LogP) is 3.08. The van der Waals surface area contributed by atoms with Crippen molar-refractivity contribution in [2.75, 3.05) is 7.11 Å². The molecule has 1 atom stereocenters. The summed E-state index contributed by atoms with van der Waals surface area (Å²) in [5.41, 5.74) is 2.04. The lowest BCUT2D eigenvalue weighted by Gasteiger charge is -2.15. The molecule has 2 nitrogen and oxygen atoms in total. The van der Waals surface area contributed by atoms with Gasteiger partial charge in [0.1, 0.15) is 5.75 Å². The van der Waals surface area contributed by atoms with E-state index in [0.29, 0.717) is 5.92 Å². The van der Waals surface area contributed by atoms with E-state index in [1.165, 1.54) is 0 Å². The van der Waals surface area contributed by atoms with E-state index in [2.05, 4.69) is 13.8 Å². The lowest BCUT2D eigenvalue weighted by Crippen LogP contribution is -2.02. The van der Waals surface area contributed by atoms with E-state index in [1.54, 1.807) is 7.11 Å². The van der Waals surface area contributed by atoms with Crippen LogP contribution in [0.5, 0.6) is 5.75 Å². The molecule has 0 aliphatic heterocycles. The second kappa shape index (κ2) is 5.17. The summed E-state index contributed by atoms with van der Waals surface area (Å²) >= 11 is 0. The Hall–Kier alpha value is -1.02. The molecule has 1 rings (SSSR count). The summed E-state index contributed by atoms with van der Waals surface area (Å²) in [4.78, 5) is 0. The van der Waals surface area contributed by atoms with Crippen molar-refractivity contribution in [3.63, 3.8) is 0 Å². The summed E-state index contributed by atoms with van der Waals surface area (Å²) in [6.07, 6.45) is 0.431. The van der Waals surface area contributed by atoms with Gasteiger partial charge in [-0.05, 0) is 42.5 Å². The van der Waals surface area contributed by atoms with Crippen molar-refractivity contribution >= 4 is 0 Å². The van der Waals surface area contributed by atoms with Crippen LogP contribution in [-0.4, -0.2) is 12.2 Å². The first-order valence-electron chi connectivity index (χ1n) is 5.37. The molecule has 0 radical (unpaired) electrons. The van der Waals surface area contributed by atoms with Crippen LogP contribution in [0.3, 0.4) is 0 Å². The molecule has 0 spiro atoms. The highest BCUT2D eigenvalue weighted by Crippen LogP contribution is 2.25. The zero-order chi connectivity index (χ0) is 11.4. The third-order valence-electron chi connectivity index (χ3n) is 2.50. The Morgan fingerprint density at radius 1 is 1.33 bits per heavy atom. The van der Waals surface area contributed by atoms with Gasteiger partial charge in [-0.2, -0.15) is 0 Å². The highest BCUT2D eigenvalue weighted by molar-refractivity contribution is 5.36. The fraction of sp³-hybridized carbons (Fsp3) is 0.538. The molecule has 15 heavy (non-hydrogen) atoms. The molecule has 0 fully saturated rings. The summed E-state index contributed by atoms with van der Waals surface area (Å²) in [5, 5.41) is 9.94. The number of hydrogen-bond acceptors (Lipinski definition) is 2. The predicted molar refractivity (Wildman–Crippen MR) is 62.1 cm³/mol. The van der Waals surface area contributed by atoms with E-state index >= 15 is 0 Å². The summed E-state index contributed by atoms with van der Waals surface area (Å²) in [7, 11) is 1.66. The Morgan fingerprint density at radius 3 is 2.47 bits per heavy atom. The molecule has 0 amide bonds. The van der Waals surface area contributed by atoms with Crippen LogP contribution in [0.25, 0.3) is 0 Å². The van der Waals surface area contributed by atoms with Crippen molar-refractivity contribution in [3.05, 3.63) is 29.3 Å². The van der Waals surface area contributed by atoms with Gasteiger partial charge in [0.05, 0.1) is 13.2 Å². The zero-order valence-corrected chi connectivity index (χ0v) is 9.95. The van der Waals surface area contributed by atoms with Crippen molar-refractivity contribution in [3.8, 4) is 5.75 Å². The first-order valence-corrected chi connectivity index (χ1v) is 5.37. The van der Waals surface area contributed by atoms with Crippen LogP contribution in [0, 0.1) is 12.8 Å². The van der Waals surface area contributed by atoms with E-state index in [9.17, 15) is 5.11 Å². The number of rotatable bonds is 4. The van der Waals surface area contributed by atoms with Gasteiger partial charge in [0, 0.05) is 0 Å². The number of ether oxygens (including phenoxy) is 1. The minimum Gasteiger partial charge on any atom is -0.496 e. The van der Waals surface area contributed by atoms with Crippen molar-refractivity contribution < 1.29 is 9.84 Å². The molecule has 0 bridgehead atoms. The molecule has 1 N–H and O–H groups in total. The Labute approximate surface area is 91.9 Å². The molecule has 0 heterocycles. The fourth-order valence-electron chi connectivity index (χ4n) is 1.69. The van der Waals surface area contributed by atoms with Gasteiger partial charge < -0.3 is 9.84 Å². The van der Waals surface area contributed by atoms with Crippen LogP contribution in [-0.2, 0) is 0 Å². The molecule has 0 aromatic heterocycles. The van der Waals surface area contributed by atoms with Gasteiger partial charge in [-0.25, -0.2) is 0 Å². The SMILES string of the molecule is COc1ccc(C(O)CC(C)C)cc1C. The second-order valence-electron chi connectivity index (χ2n) is 4.37. The maximum atomic E-state index is 9.94. The van der Waals surface area contributed by atoms with Crippen LogP contribution in [0.4, 0.5) is 0 Å². The molecule has 0 aliphatic carbocycles. The van der Waals surface area contributed by atoms with Crippen LogP contribution in [0.1, 0.15) is 37.5 Å². The second-order valence-corrected chi connectivity index (χ2v) is 4.37. The van der Waals surface area contributed by atoms with Gasteiger partial charge in [-0.3, -0.25) is 0 Å². The number of aliphatic hydroxyl groups excluding tert-OH is 1. The quantitative estimate of drug-likeness (QED) is 0.824. The van der Waals surface area contributed by atoms with Crippen LogP contribution in [0.2, 0.25) is 0 Å². The minimum atomic E-state index is -0.366. The Balaban J connectivity index is 2.82. The van der Waals surface area contributed by atoms with E-state index in [-0.39, 0.29) is 6.10 Å². The van der Waals surface area contributed by atoms with Gasteiger partial charge in [0.25, 0.3) is 0 Å². The lowest BCUT2D eigenvalue weighted by atomic mass is 9.98. The van der Waals surface area contributed by atoms with Gasteiger partial charge in [-0.1, -0.05) is 19.9 Å². The highest BCUT2D eigenvalue weighted by atomic mass is 16.5. The molecular weight excluding hydrogens is 188 g/mol. The van der Waals surface area contributed by atoms with Crippen LogP contribution in [0.15, 0.2) is 18.2 Å². The number of hydrogen-bond donors (Lipinski definition) is 1. The molecule has 0 aliphatic rings. The Kier molecular flexibility index (Phi) is 4.15. The van der Waals surface area contributed by atoms with Crippen molar-refractivity contribution in [1.29, 1.82) is 0 Å². The molecule has 2 heteroatoms. The largest absolute Gasteiger partial charge is 0.496 e. The average molecular weight is 208 g/mol. The number of aliphatic hydroxyl groups is 1. The Bertz CT molecular complexity index is 318. The third-order valence-corrected chi connectivity index (χ3v) is 2.50. The summed E-state index contributed by atoms with van der Waals surface area (Å²) < 4.78 is 5.18. The minimum absolute atomic E-state index is 0.366. The maximum Gasteiger partial charge on any atom is 0.121 e. The number of aryl methyl sites for hydroxylation is 1. The van der Waals surface area contributed by atoms with Gasteiger partial charge in [0.2, 0.25) is 0 Å². The van der Waals surface area contributed by atoms with Crippen molar-refractivity contribution in [1.82, 2.24) is 0 Å². The monoisotopic (exact) mass is 208 g/mol. The third kappa shape index (κ3) is 3.24. The topological polar surface area (TPSA) is 29.5 Å². The zero-order valence-electron chi connectivity index (χ0n) is 9.95. The molecule has 1 unspecified atom stereocenters. The van der Waals surface area contributed by atoms with Gasteiger partial charge in [-0.15, -0.1) is 0 Å². The standard InChI is InChI=1S/C13H20O2/c1-9(2)7-12(14)11-5-6-13(15-4)10(3)8-11/h5-6,8-9,12,14H,7H2,1-4H3. The normalized spacial score (nSPS) is 12.9. The van der Waals surface area contributed by atoms with E-state index in [0.717, 1.165) is 23.3 Å². The molecule has 0 saturated carbocycles. The fourth-order valence-corrected chi connectivity index (χ4v) is 1.69. The smallest absolute Gasteiger partial charge is 0.121 e. The highest BCUT2D eigenvalue weighted by Gasteiger charge is 2.10. The van der Waals surface area contributed by atoms with Gasteiger partial charge in [0.15, 0.2) is 0 Å². The van der Waals surface area contributed by atoms with E-state index in [4.69, 9.17) is 4.74 Å². The summed E-state index contributed by atoms with van der Waals surface area (Å²) in [5.74, 6) is 1.37. The molecule has 1 aromatic rings. The first-order chi connectivity index (χ1) is 7.04. The molecule has 84 valence electrons. The first kappa shape index (κ1) is 12.1. The molecule has 1 aromatic carbocycles. The summed E-state index contributed by atoms with van der Waals surface area (Å²) in [6.45, 7) is 6.21. The Morgan fingerprint density at radius 2 is 2.00 bits per heavy atom. The van der Waals surface area contributed by atoms with E-state index < -0.39 is 0 Å². The number of benzene rings is 1. The van der Waals surface area contributed by atoms with Crippen molar-refractivity contribution in [2.24, 2.45) is 5.92 Å². The van der Waals surface area contributed by atoms with Crippen molar-refractivity contribution in [2.45, 2.75) is 33.3 Å². The number of methoxy groups -OCH3 is 1. The molecule has 0 saturated heterocycles. The average Bonchev–Trinajstić information content (AvgIpc) is 2.16. The van der Waals surface area contributed by atoms with Gasteiger partial charge >= 0.3 is 0 Å². The summed E-state index contributed by atoms with van der Waals surface area (Å²) in [6, 6.07) is 5.83. The lowest BCUT2D eigenvalue weighted by molar-refractivity contribution is 0.151. The van der Waals surface area contributed by atoms with Crippen LogP contribution < -0.4 is 4.74 Å².